The third-order valence-electron chi connectivity index (χ3n) is 3.64. The van der Waals surface area contributed by atoms with E-state index in [-0.39, 0.29) is 6.04 Å². The van der Waals surface area contributed by atoms with Gasteiger partial charge in [0.15, 0.2) is 0 Å². The number of fused-ring (bicyclic) bond motifs is 1. The van der Waals surface area contributed by atoms with Gasteiger partial charge in [-0.3, -0.25) is 16.3 Å². The van der Waals surface area contributed by atoms with E-state index in [4.69, 9.17) is 17.4 Å². The molecule has 0 saturated heterocycles. The van der Waals surface area contributed by atoms with E-state index in [1.165, 1.54) is 0 Å². The molecule has 0 aliphatic heterocycles. The van der Waals surface area contributed by atoms with Gasteiger partial charge >= 0.3 is 0 Å². The number of nitrogens with one attached hydrogen (secondary N) is 1. The molecule has 0 spiro atoms. The zero-order chi connectivity index (χ0) is 14.7. The number of pyridine rings is 1. The number of rotatable bonds is 4. The van der Waals surface area contributed by atoms with Gasteiger partial charge in [0.25, 0.3) is 0 Å². The Morgan fingerprint density at radius 1 is 1.05 bits per heavy atom. The van der Waals surface area contributed by atoms with Crippen molar-refractivity contribution in [2.75, 3.05) is 0 Å². The van der Waals surface area contributed by atoms with E-state index < -0.39 is 0 Å². The summed E-state index contributed by atoms with van der Waals surface area (Å²) in [6, 6.07) is 17.9. The van der Waals surface area contributed by atoms with Crippen LogP contribution in [0.1, 0.15) is 17.2 Å². The maximum Gasteiger partial charge on any atom is 0.0705 e. The molecule has 0 radical (unpaired) electrons. The van der Waals surface area contributed by atoms with E-state index in [1.54, 1.807) is 6.20 Å². The van der Waals surface area contributed by atoms with Crippen molar-refractivity contribution in [3.63, 3.8) is 0 Å². The zero-order valence-electron chi connectivity index (χ0n) is 11.5. The van der Waals surface area contributed by atoms with Crippen LogP contribution in [0, 0.1) is 0 Å². The molecular formula is C17H16ClN3. The zero-order valence-corrected chi connectivity index (χ0v) is 12.2. The van der Waals surface area contributed by atoms with Crippen LogP contribution in [-0.4, -0.2) is 4.98 Å². The van der Waals surface area contributed by atoms with E-state index in [0.717, 1.165) is 33.5 Å². The van der Waals surface area contributed by atoms with Gasteiger partial charge in [-0.05, 0) is 35.7 Å². The third kappa shape index (κ3) is 2.90. The molecule has 1 heterocycles. The van der Waals surface area contributed by atoms with Gasteiger partial charge in [0.05, 0.1) is 11.6 Å². The summed E-state index contributed by atoms with van der Waals surface area (Å²) in [5, 5.41) is 1.87. The number of nitrogens with zero attached hydrogens (tertiary/aromatic N) is 1. The predicted molar refractivity (Wildman–Crippen MR) is 87.0 cm³/mol. The molecule has 3 N–H and O–H groups in total. The van der Waals surface area contributed by atoms with Gasteiger partial charge in [0.2, 0.25) is 0 Å². The fourth-order valence-corrected chi connectivity index (χ4v) is 2.79. The minimum Gasteiger partial charge on any atom is -0.271 e. The Morgan fingerprint density at radius 3 is 2.71 bits per heavy atom. The molecule has 1 unspecified atom stereocenters. The summed E-state index contributed by atoms with van der Waals surface area (Å²) in [5.74, 6) is 5.78. The molecule has 1 aromatic heterocycles. The summed E-state index contributed by atoms with van der Waals surface area (Å²) in [6.07, 6.45) is 2.52. The molecule has 3 aromatic rings. The highest BCUT2D eigenvalue weighted by atomic mass is 35.5. The monoisotopic (exact) mass is 297 g/mol. The topological polar surface area (TPSA) is 50.9 Å². The average Bonchev–Trinajstić information content (AvgIpc) is 2.54. The van der Waals surface area contributed by atoms with Crippen LogP contribution in [0.25, 0.3) is 10.9 Å². The Morgan fingerprint density at radius 2 is 1.90 bits per heavy atom. The molecule has 1 atom stereocenters. The number of nitrogens with two attached hydrogens (primary N) is 1. The molecule has 106 valence electrons. The van der Waals surface area contributed by atoms with Crippen molar-refractivity contribution in [1.82, 2.24) is 10.4 Å². The highest BCUT2D eigenvalue weighted by molar-refractivity contribution is 6.31. The van der Waals surface area contributed by atoms with Crippen LogP contribution in [0.2, 0.25) is 5.02 Å². The molecule has 3 rings (SSSR count). The molecular weight excluding hydrogens is 282 g/mol. The summed E-state index contributed by atoms with van der Waals surface area (Å²) >= 11 is 6.25. The molecule has 0 saturated carbocycles. The van der Waals surface area contributed by atoms with Crippen LogP contribution in [0.15, 0.2) is 60.8 Å². The van der Waals surface area contributed by atoms with Crippen LogP contribution < -0.4 is 11.3 Å². The fraction of sp³-hybridized carbons (Fsp3) is 0.118. The van der Waals surface area contributed by atoms with E-state index in [9.17, 15) is 0 Å². The summed E-state index contributed by atoms with van der Waals surface area (Å²) < 4.78 is 0. The van der Waals surface area contributed by atoms with Crippen LogP contribution in [-0.2, 0) is 6.42 Å². The Kier molecular flexibility index (Phi) is 4.15. The SMILES string of the molecule is NNC(Cc1ccccc1Cl)c1cccc2ncccc12. The molecule has 0 bridgehead atoms. The van der Waals surface area contributed by atoms with Gasteiger partial charge < -0.3 is 0 Å². The van der Waals surface area contributed by atoms with Crippen LogP contribution in [0.4, 0.5) is 0 Å². The van der Waals surface area contributed by atoms with Crippen LogP contribution >= 0.6 is 11.6 Å². The van der Waals surface area contributed by atoms with Crippen molar-refractivity contribution in [2.24, 2.45) is 5.84 Å². The first-order valence-corrected chi connectivity index (χ1v) is 7.20. The van der Waals surface area contributed by atoms with Gasteiger partial charge in [0.1, 0.15) is 0 Å². The molecule has 0 amide bonds. The van der Waals surface area contributed by atoms with Gasteiger partial charge in [-0.1, -0.05) is 48.0 Å². The highest BCUT2D eigenvalue weighted by Gasteiger charge is 2.15. The second-order valence-electron chi connectivity index (χ2n) is 4.93. The van der Waals surface area contributed by atoms with E-state index >= 15 is 0 Å². The van der Waals surface area contributed by atoms with Crippen molar-refractivity contribution in [2.45, 2.75) is 12.5 Å². The van der Waals surface area contributed by atoms with Crippen molar-refractivity contribution in [3.8, 4) is 0 Å². The largest absolute Gasteiger partial charge is 0.271 e. The molecule has 4 heteroatoms. The Labute approximate surface area is 128 Å². The maximum atomic E-state index is 6.25. The van der Waals surface area contributed by atoms with Gasteiger partial charge in [-0.25, -0.2) is 0 Å². The third-order valence-corrected chi connectivity index (χ3v) is 4.01. The first-order valence-electron chi connectivity index (χ1n) is 6.83. The summed E-state index contributed by atoms with van der Waals surface area (Å²) in [5.41, 5.74) is 6.07. The number of hydrogen-bond donors (Lipinski definition) is 2. The lowest BCUT2D eigenvalue weighted by Crippen LogP contribution is -2.29. The Bertz CT molecular complexity index is 752. The standard InChI is InChI=1S/C17H16ClN3/c18-15-8-2-1-5-12(15)11-17(21-19)14-6-3-9-16-13(14)7-4-10-20-16/h1-10,17,21H,11,19H2. The Hall–Kier alpha value is -1.94. The van der Waals surface area contributed by atoms with Gasteiger partial charge in [-0.15, -0.1) is 0 Å². The fourth-order valence-electron chi connectivity index (χ4n) is 2.57. The van der Waals surface area contributed by atoms with Crippen molar-refractivity contribution < 1.29 is 0 Å². The highest BCUT2D eigenvalue weighted by Crippen LogP contribution is 2.27. The van der Waals surface area contributed by atoms with Gasteiger partial charge in [-0.2, -0.15) is 0 Å². The Balaban J connectivity index is 2.01. The second-order valence-corrected chi connectivity index (χ2v) is 5.34. The minimum absolute atomic E-state index is 0.0159. The van der Waals surface area contributed by atoms with Crippen LogP contribution in [0.3, 0.4) is 0 Å². The molecule has 3 nitrogen and oxygen atoms in total. The number of hydrogen-bond acceptors (Lipinski definition) is 3. The number of aromatic nitrogens is 1. The number of halogens is 1. The quantitative estimate of drug-likeness (QED) is 0.571. The predicted octanol–water partition coefficient (Wildman–Crippen LogP) is 3.64. The normalized spacial score (nSPS) is 12.5. The second kappa shape index (κ2) is 6.22. The first-order chi connectivity index (χ1) is 10.3. The summed E-state index contributed by atoms with van der Waals surface area (Å²) in [7, 11) is 0. The van der Waals surface area contributed by atoms with E-state index in [2.05, 4.69) is 22.5 Å². The lowest BCUT2D eigenvalue weighted by Gasteiger charge is -2.19. The molecule has 2 aromatic carbocycles. The van der Waals surface area contributed by atoms with E-state index in [0.29, 0.717) is 0 Å². The van der Waals surface area contributed by atoms with Crippen molar-refractivity contribution in [1.29, 1.82) is 0 Å². The lowest BCUT2D eigenvalue weighted by molar-refractivity contribution is 0.555. The number of hydrazine groups is 1. The minimum atomic E-state index is -0.0159. The smallest absolute Gasteiger partial charge is 0.0705 e. The molecule has 21 heavy (non-hydrogen) atoms. The summed E-state index contributed by atoms with van der Waals surface area (Å²) in [4.78, 5) is 4.39. The molecule has 0 aliphatic carbocycles. The number of benzene rings is 2. The lowest BCUT2D eigenvalue weighted by atomic mass is 9.96. The van der Waals surface area contributed by atoms with Crippen molar-refractivity contribution >= 4 is 22.5 Å². The van der Waals surface area contributed by atoms with E-state index in [1.807, 2.05) is 42.5 Å². The molecule has 0 fully saturated rings. The van der Waals surface area contributed by atoms with Gasteiger partial charge in [0, 0.05) is 16.6 Å². The summed E-state index contributed by atoms with van der Waals surface area (Å²) in [6.45, 7) is 0. The average molecular weight is 298 g/mol. The molecule has 0 aliphatic rings. The maximum absolute atomic E-state index is 6.25. The van der Waals surface area contributed by atoms with Crippen molar-refractivity contribution in [3.05, 3.63) is 76.9 Å². The first kappa shape index (κ1) is 14.0. The van der Waals surface area contributed by atoms with Crippen LogP contribution in [0.5, 0.6) is 0 Å².